The molecule has 1 fully saturated rings. The van der Waals surface area contributed by atoms with E-state index in [1.165, 1.54) is 12.8 Å². The lowest BCUT2D eigenvalue weighted by molar-refractivity contribution is -0.121. The van der Waals surface area contributed by atoms with Crippen molar-refractivity contribution in [1.29, 1.82) is 0 Å². The SMILES string of the molecule is CCC1CCC(NC(=O)CCNC)C1C. The first-order chi connectivity index (χ1) is 7.19. The molecule has 0 bridgehead atoms. The number of carbonyl (C=O) groups excluding carboxylic acids is 1. The summed E-state index contributed by atoms with van der Waals surface area (Å²) in [5, 5.41) is 6.14. The Morgan fingerprint density at radius 2 is 2.13 bits per heavy atom. The molecule has 0 heterocycles. The predicted octanol–water partition coefficient (Wildman–Crippen LogP) is 1.54. The summed E-state index contributed by atoms with van der Waals surface area (Å²) < 4.78 is 0. The first kappa shape index (κ1) is 12.5. The molecular weight excluding hydrogens is 188 g/mol. The first-order valence-electron chi connectivity index (χ1n) is 6.13. The molecule has 0 radical (unpaired) electrons. The molecule has 3 atom stereocenters. The van der Waals surface area contributed by atoms with Crippen molar-refractivity contribution in [2.75, 3.05) is 13.6 Å². The summed E-state index contributed by atoms with van der Waals surface area (Å²) in [5.41, 5.74) is 0. The van der Waals surface area contributed by atoms with Gasteiger partial charge in [-0.15, -0.1) is 0 Å². The molecule has 88 valence electrons. The van der Waals surface area contributed by atoms with Gasteiger partial charge in [0.05, 0.1) is 0 Å². The highest BCUT2D eigenvalue weighted by Crippen LogP contribution is 2.33. The Bertz CT molecular complexity index is 206. The van der Waals surface area contributed by atoms with Crippen LogP contribution in [0.1, 0.15) is 39.5 Å². The molecule has 15 heavy (non-hydrogen) atoms. The Kier molecular flexibility index (Phi) is 5.09. The second-order valence-electron chi connectivity index (χ2n) is 4.63. The Morgan fingerprint density at radius 3 is 2.67 bits per heavy atom. The van der Waals surface area contributed by atoms with Gasteiger partial charge in [0.1, 0.15) is 0 Å². The van der Waals surface area contributed by atoms with Gasteiger partial charge in [-0.25, -0.2) is 0 Å². The van der Waals surface area contributed by atoms with Crippen LogP contribution in [-0.2, 0) is 4.79 Å². The van der Waals surface area contributed by atoms with E-state index >= 15 is 0 Å². The lowest BCUT2D eigenvalue weighted by Gasteiger charge is -2.20. The molecule has 0 saturated heterocycles. The van der Waals surface area contributed by atoms with Gasteiger partial charge in [0.15, 0.2) is 0 Å². The van der Waals surface area contributed by atoms with E-state index in [9.17, 15) is 4.79 Å². The first-order valence-corrected chi connectivity index (χ1v) is 6.13. The Balaban J connectivity index is 2.30. The van der Waals surface area contributed by atoms with Crippen LogP contribution in [0.25, 0.3) is 0 Å². The van der Waals surface area contributed by atoms with Crippen LogP contribution >= 0.6 is 0 Å². The van der Waals surface area contributed by atoms with Crippen molar-refractivity contribution in [3.8, 4) is 0 Å². The van der Waals surface area contributed by atoms with E-state index in [1.807, 2.05) is 7.05 Å². The van der Waals surface area contributed by atoms with Crippen molar-refractivity contribution in [2.24, 2.45) is 11.8 Å². The van der Waals surface area contributed by atoms with E-state index in [0.717, 1.165) is 18.9 Å². The molecule has 3 heteroatoms. The number of amides is 1. The van der Waals surface area contributed by atoms with Gasteiger partial charge >= 0.3 is 0 Å². The molecule has 2 N–H and O–H groups in total. The topological polar surface area (TPSA) is 41.1 Å². The van der Waals surface area contributed by atoms with Gasteiger partial charge < -0.3 is 10.6 Å². The summed E-state index contributed by atoms with van der Waals surface area (Å²) in [6, 6.07) is 0.416. The van der Waals surface area contributed by atoms with E-state index in [1.54, 1.807) is 0 Å². The molecule has 1 aliphatic carbocycles. The third kappa shape index (κ3) is 3.49. The fourth-order valence-corrected chi connectivity index (χ4v) is 2.54. The Labute approximate surface area is 93.0 Å². The molecule has 0 aromatic carbocycles. The van der Waals surface area contributed by atoms with Crippen LogP contribution in [0.5, 0.6) is 0 Å². The molecule has 1 amide bonds. The van der Waals surface area contributed by atoms with Gasteiger partial charge in [-0.3, -0.25) is 4.79 Å². The predicted molar refractivity (Wildman–Crippen MR) is 62.7 cm³/mol. The highest BCUT2D eigenvalue weighted by molar-refractivity contribution is 5.76. The number of hydrogen-bond donors (Lipinski definition) is 2. The lowest BCUT2D eigenvalue weighted by atomic mass is 9.93. The minimum Gasteiger partial charge on any atom is -0.353 e. The zero-order chi connectivity index (χ0) is 11.3. The lowest BCUT2D eigenvalue weighted by Crippen LogP contribution is -2.38. The van der Waals surface area contributed by atoms with Crippen LogP contribution in [0.2, 0.25) is 0 Å². The molecule has 1 aliphatic rings. The summed E-state index contributed by atoms with van der Waals surface area (Å²) >= 11 is 0. The number of nitrogens with one attached hydrogen (secondary N) is 2. The van der Waals surface area contributed by atoms with E-state index in [2.05, 4.69) is 24.5 Å². The maximum atomic E-state index is 11.5. The fraction of sp³-hybridized carbons (Fsp3) is 0.917. The monoisotopic (exact) mass is 212 g/mol. The number of carbonyl (C=O) groups is 1. The largest absolute Gasteiger partial charge is 0.353 e. The molecule has 3 nitrogen and oxygen atoms in total. The van der Waals surface area contributed by atoms with Crippen molar-refractivity contribution < 1.29 is 4.79 Å². The second kappa shape index (κ2) is 6.11. The average molecular weight is 212 g/mol. The minimum absolute atomic E-state index is 0.193. The zero-order valence-corrected chi connectivity index (χ0v) is 10.2. The van der Waals surface area contributed by atoms with Crippen molar-refractivity contribution in [3.63, 3.8) is 0 Å². The smallest absolute Gasteiger partial charge is 0.221 e. The van der Waals surface area contributed by atoms with Crippen LogP contribution in [0.15, 0.2) is 0 Å². The molecule has 1 rings (SSSR count). The van der Waals surface area contributed by atoms with Crippen LogP contribution in [-0.4, -0.2) is 25.5 Å². The van der Waals surface area contributed by atoms with E-state index < -0.39 is 0 Å². The number of rotatable bonds is 5. The van der Waals surface area contributed by atoms with Crippen molar-refractivity contribution in [1.82, 2.24) is 10.6 Å². The van der Waals surface area contributed by atoms with Gasteiger partial charge in [0, 0.05) is 19.0 Å². The maximum Gasteiger partial charge on any atom is 0.221 e. The van der Waals surface area contributed by atoms with Gasteiger partial charge in [-0.05, 0) is 31.7 Å². The highest BCUT2D eigenvalue weighted by atomic mass is 16.1. The standard InChI is InChI=1S/C12H24N2O/c1-4-10-5-6-11(9(10)2)14-12(15)7-8-13-3/h9-11,13H,4-8H2,1-3H3,(H,14,15). The van der Waals surface area contributed by atoms with E-state index in [4.69, 9.17) is 0 Å². The summed E-state index contributed by atoms with van der Waals surface area (Å²) in [6.45, 7) is 5.28. The third-order valence-electron chi connectivity index (χ3n) is 3.70. The van der Waals surface area contributed by atoms with Crippen LogP contribution in [0.3, 0.4) is 0 Å². The Hall–Kier alpha value is -0.570. The van der Waals surface area contributed by atoms with Gasteiger partial charge in [0.25, 0.3) is 0 Å². The van der Waals surface area contributed by atoms with Gasteiger partial charge in [-0.2, -0.15) is 0 Å². The van der Waals surface area contributed by atoms with Crippen molar-refractivity contribution in [2.45, 2.75) is 45.6 Å². The molecule has 0 aromatic heterocycles. The normalized spacial score (nSPS) is 30.5. The molecule has 0 aliphatic heterocycles. The summed E-state index contributed by atoms with van der Waals surface area (Å²) in [5.74, 6) is 1.64. The summed E-state index contributed by atoms with van der Waals surface area (Å²) in [7, 11) is 1.87. The van der Waals surface area contributed by atoms with Crippen LogP contribution < -0.4 is 10.6 Å². The fourth-order valence-electron chi connectivity index (χ4n) is 2.54. The minimum atomic E-state index is 0.193. The molecule has 0 spiro atoms. The van der Waals surface area contributed by atoms with E-state index in [-0.39, 0.29) is 5.91 Å². The molecule has 0 aromatic rings. The van der Waals surface area contributed by atoms with Gasteiger partial charge in [-0.1, -0.05) is 20.3 Å². The highest BCUT2D eigenvalue weighted by Gasteiger charge is 2.32. The second-order valence-corrected chi connectivity index (χ2v) is 4.63. The average Bonchev–Trinajstić information content (AvgIpc) is 2.57. The molecular formula is C12H24N2O. The van der Waals surface area contributed by atoms with Crippen molar-refractivity contribution >= 4 is 5.91 Å². The van der Waals surface area contributed by atoms with Gasteiger partial charge in [0.2, 0.25) is 5.91 Å². The number of hydrogen-bond acceptors (Lipinski definition) is 2. The maximum absolute atomic E-state index is 11.5. The third-order valence-corrected chi connectivity index (χ3v) is 3.70. The zero-order valence-electron chi connectivity index (χ0n) is 10.2. The summed E-state index contributed by atoms with van der Waals surface area (Å²) in [4.78, 5) is 11.5. The quantitative estimate of drug-likeness (QED) is 0.726. The van der Waals surface area contributed by atoms with E-state index in [0.29, 0.717) is 18.4 Å². The van der Waals surface area contributed by atoms with Crippen molar-refractivity contribution in [3.05, 3.63) is 0 Å². The summed E-state index contributed by atoms with van der Waals surface area (Å²) in [6.07, 6.45) is 4.26. The van der Waals surface area contributed by atoms with Crippen LogP contribution in [0, 0.1) is 11.8 Å². The van der Waals surface area contributed by atoms with Crippen LogP contribution in [0.4, 0.5) is 0 Å². The molecule has 1 saturated carbocycles. The Morgan fingerprint density at radius 1 is 1.40 bits per heavy atom. The molecule has 3 unspecified atom stereocenters.